The molecule has 1 aromatic carbocycles. The van der Waals surface area contributed by atoms with Crippen molar-refractivity contribution in [1.29, 1.82) is 0 Å². The predicted molar refractivity (Wildman–Crippen MR) is 83.0 cm³/mol. The van der Waals surface area contributed by atoms with Crippen LogP contribution in [-0.2, 0) is 4.74 Å². The molecule has 112 valence electrons. The maximum atomic E-state index is 11.9. The Morgan fingerprint density at radius 3 is 2.76 bits per heavy atom. The van der Waals surface area contributed by atoms with E-state index in [-0.39, 0.29) is 5.69 Å². The summed E-state index contributed by atoms with van der Waals surface area (Å²) in [6.45, 7) is 3.85. The first-order valence-corrected chi connectivity index (χ1v) is 6.75. The summed E-state index contributed by atoms with van der Waals surface area (Å²) in [4.78, 5) is 18.1. The molecule has 2 rings (SSSR count). The van der Waals surface area contributed by atoms with Crippen molar-refractivity contribution in [1.82, 2.24) is 9.55 Å². The van der Waals surface area contributed by atoms with Crippen molar-refractivity contribution in [2.45, 2.75) is 13.8 Å². The second-order valence-corrected chi connectivity index (χ2v) is 4.86. The highest BCUT2D eigenvalue weighted by Gasteiger charge is 2.20. The highest BCUT2D eigenvalue weighted by Crippen LogP contribution is 2.24. The minimum Gasteiger partial charge on any atom is -0.461 e. The molecule has 0 aliphatic heterocycles. The fourth-order valence-electron chi connectivity index (χ4n) is 2.14. The van der Waals surface area contributed by atoms with Crippen LogP contribution < -0.4 is 10.6 Å². The number of anilines is 2. The van der Waals surface area contributed by atoms with Crippen LogP contribution in [-0.4, -0.2) is 36.2 Å². The maximum absolute atomic E-state index is 11.9. The lowest BCUT2D eigenvalue weighted by atomic mass is 10.2. The number of nitrogens with zero attached hydrogens (tertiary/aromatic N) is 3. The highest BCUT2D eigenvalue weighted by molar-refractivity contribution is 5.92. The van der Waals surface area contributed by atoms with Crippen LogP contribution >= 0.6 is 0 Å². The molecule has 6 heteroatoms. The summed E-state index contributed by atoms with van der Waals surface area (Å²) in [5.74, 6) is 0.439. The number of nitrogen functional groups attached to an aromatic ring is 1. The molecule has 2 N–H and O–H groups in total. The van der Waals surface area contributed by atoms with E-state index < -0.39 is 5.97 Å². The summed E-state index contributed by atoms with van der Waals surface area (Å²) in [6.07, 6.45) is 0. The number of esters is 1. The molecule has 0 spiro atoms. The quantitative estimate of drug-likeness (QED) is 0.871. The molecule has 1 heterocycles. The number of hydrogen-bond donors (Lipinski definition) is 1. The molecule has 21 heavy (non-hydrogen) atoms. The van der Waals surface area contributed by atoms with Gasteiger partial charge in [-0.2, -0.15) is 0 Å². The van der Waals surface area contributed by atoms with E-state index in [1.54, 1.807) is 18.4 Å². The Kier molecular flexibility index (Phi) is 4.16. The lowest BCUT2D eigenvalue weighted by Crippen LogP contribution is -2.11. The van der Waals surface area contributed by atoms with Crippen molar-refractivity contribution in [2.24, 2.45) is 0 Å². The Bertz CT molecular complexity index is 662. The van der Waals surface area contributed by atoms with Gasteiger partial charge in [0.25, 0.3) is 0 Å². The zero-order valence-corrected chi connectivity index (χ0v) is 12.8. The number of hydrogen-bond acceptors (Lipinski definition) is 5. The zero-order chi connectivity index (χ0) is 15.6. The second-order valence-electron chi connectivity index (χ2n) is 4.86. The lowest BCUT2D eigenvalue weighted by Gasteiger charge is -2.15. The average Bonchev–Trinajstić information content (AvgIpc) is 2.74. The number of aromatic nitrogens is 2. The van der Waals surface area contributed by atoms with Crippen molar-refractivity contribution >= 4 is 17.5 Å². The molecule has 0 unspecified atom stereocenters. The third kappa shape index (κ3) is 2.84. The van der Waals surface area contributed by atoms with Crippen molar-refractivity contribution in [3.8, 4) is 5.69 Å². The molecule has 0 aliphatic carbocycles. The van der Waals surface area contributed by atoms with E-state index in [9.17, 15) is 4.79 Å². The fourth-order valence-corrected chi connectivity index (χ4v) is 2.14. The molecule has 0 fully saturated rings. The Hall–Kier alpha value is -2.50. The minimum atomic E-state index is -0.499. The monoisotopic (exact) mass is 288 g/mol. The highest BCUT2D eigenvalue weighted by atomic mass is 16.5. The number of aryl methyl sites for hydroxylation is 1. The molecule has 0 aliphatic rings. The van der Waals surface area contributed by atoms with Crippen molar-refractivity contribution in [2.75, 3.05) is 31.3 Å². The van der Waals surface area contributed by atoms with E-state index in [1.165, 1.54) is 0 Å². The zero-order valence-electron chi connectivity index (χ0n) is 12.8. The third-order valence-corrected chi connectivity index (χ3v) is 3.15. The largest absolute Gasteiger partial charge is 0.461 e. The number of benzene rings is 1. The van der Waals surface area contributed by atoms with Gasteiger partial charge in [-0.3, -0.25) is 4.57 Å². The number of nitrogens with two attached hydrogens (primary N) is 1. The van der Waals surface area contributed by atoms with Crippen LogP contribution in [0.25, 0.3) is 5.69 Å². The van der Waals surface area contributed by atoms with Gasteiger partial charge in [-0.25, -0.2) is 9.78 Å². The summed E-state index contributed by atoms with van der Waals surface area (Å²) >= 11 is 0. The third-order valence-electron chi connectivity index (χ3n) is 3.15. The molecular weight excluding hydrogens is 268 g/mol. The number of carbonyl (C=O) groups excluding carboxylic acids is 1. The summed E-state index contributed by atoms with van der Waals surface area (Å²) in [5.41, 5.74) is 8.14. The van der Waals surface area contributed by atoms with Gasteiger partial charge in [0, 0.05) is 19.8 Å². The van der Waals surface area contributed by atoms with E-state index in [2.05, 4.69) is 4.98 Å². The number of carbonyl (C=O) groups is 1. The Morgan fingerprint density at radius 2 is 2.14 bits per heavy atom. The number of rotatable bonds is 4. The van der Waals surface area contributed by atoms with E-state index in [0.29, 0.717) is 18.2 Å². The average molecular weight is 288 g/mol. The second kappa shape index (κ2) is 5.87. The Labute approximate surface area is 124 Å². The maximum Gasteiger partial charge on any atom is 0.360 e. The van der Waals surface area contributed by atoms with Crippen LogP contribution in [0.3, 0.4) is 0 Å². The smallest absolute Gasteiger partial charge is 0.360 e. The van der Waals surface area contributed by atoms with Gasteiger partial charge in [0.05, 0.1) is 12.3 Å². The predicted octanol–water partition coefficient (Wildman–Crippen LogP) is 2.01. The van der Waals surface area contributed by atoms with Crippen molar-refractivity contribution in [3.63, 3.8) is 0 Å². The van der Waals surface area contributed by atoms with Crippen molar-refractivity contribution < 1.29 is 9.53 Å². The first kappa shape index (κ1) is 14.9. The van der Waals surface area contributed by atoms with Gasteiger partial charge < -0.3 is 15.4 Å². The van der Waals surface area contributed by atoms with Gasteiger partial charge in [0.2, 0.25) is 0 Å². The summed E-state index contributed by atoms with van der Waals surface area (Å²) in [5, 5.41) is 0. The molecule has 0 atom stereocenters. The molecule has 0 radical (unpaired) electrons. The molecule has 2 aromatic rings. The first-order valence-electron chi connectivity index (χ1n) is 6.75. The summed E-state index contributed by atoms with van der Waals surface area (Å²) in [6, 6.07) is 7.85. The molecule has 0 bridgehead atoms. The topological polar surface area (TPSA) is 73.4 Å². The number of imidazole rings is 1. The van der Waals surface area contributed by atoms with Gasteiger partial charge in [-0.05, 0) is 32.0 Å². The van der Waals surface area contributed by atoms with Crippen LogP contribution in [0, 0.1) is 6.92 Å². The van der Waals surface area contributed by atoms with Crippen LogP contribution in [0.5, 0.6) is 0 Å². The summed E-state index contributed by atoms with van der Waals surface area (Å²) < 4.78 is 6.72. The van der Waals surface area contributed by atoms with Crippen LogP contribution in [0.2, 0.25) is 0 Å². The van der Waals surface area contributed by atoms with Crippen molar-refractivity contribution in [3.05, 3.63) is 35.8 Å². The van der Waals surface area contributed by atoms with Crippen LogP contribution in [0.1, 0.15) is 23.2 Å². The fraction of sp³-hybridized carbons (Fsp3) is 0.333. The van der Waals surface area contributed by atoms with Gasteiger partial charge in [0.1, 0.15) is 11.6 Å². The van der Waals surface area contributed by atoms with E-state index in [0.717, 1.165) is 11.4 Å². The summed E-state index contributed by atoms with van der Waals surface area (Å²) in [7, 11) is 3.93. The molecule has 0 saturated heterocycles. The lowest BCUT2D eigenvalue weighted by molar-refractivity contribution is 0.0521. The molecule has 1 aromatic heterocycles. The molecule has 0 saturated carbocycles. The van der Waals surface area contributed by atoms with Gasteiger partial charge in [0.15, 0.2) is 5.69 Å². The molecule has 0 amide bonds. The van der Waals surface area contributed by atoms with Gasteiger partial charge in [-0.1, -0.05) is 6.07 Å². The number of ether oxygens (including phenoxy) is 1. The van der Waals surface area contributed by atoms with E-state index >= 15 is 0 Å². The molecule has 6 nitrogen and oxygen atoms in total. The van der Waals surface area contributed by atoms with Crippen LogP contribution in [0.4, 0.5) is 11.5 Å². The van der Waals surface area contributed by atoms with Gasteiger partial charge in [-0.15, -0.1) is 0 Å². The standard InChI is InChI=1S/C15H20N4O2/c1-5-21-15(20)13-14(16)19(10(2)17-13)12-8-6-7-11(9-12)18(3)4/h6-9H,5,16H2,1-4H3. The molecular formula is C15H20N4O2. The Morgan fingerprint density at radius 1 is 1.43 bits per heavy atom. The normalized spacial score (nSPS) is 10.5. The minimum absolute atomic E-state index is 0.157. The SMILES string of the molecule is CCOC(=O)c1nc(C)n(-c2cccc(N(C)C)c2)c1N. The first-order chi connectivity index (χ1) is 9.95. The van der Waals surface area contributed by atoms with Gasteiger partial charge >= 0.3 is 5.97 Å². The van der Waals surface area contributed by atoms with E-state index in [1.807, 2.05) is 43.3 Å². The van der Waals surface area contributed by atoms with Crippen LogP contribution in [0.15, 0.2) is 24.3 Å². The Balaban J connectivity index is 2.50. The van der Waals surface area contributed by atoms with E-state index in [4.69, 9.17) is 10.5 Å².